The van der Waals surface area contributed by atoms with E-state index in [1.165, 1.54) is 30.3 Å². The van der Waals surface area contributed by atoms with Crippen molar-refractivity contribution in [1.29, 1.82) is 0 Å². The Morgan fingerprint density at radius 2 is 1.83 bits per heavy atom. The number of non-ortho nitro benzene ring substituents is 1. The quantitative estimate of drug-likeness (QED) is 0.139. The molecule has 0 bridgehead atoms. The van der Waals surface area contributed by atoms with Crippen LogP contribution in [0.15, 0.2) is 75.8 Å². The number of nitrogens with zero attached hydrogens (tertiary/aromatic N) is 2. The maximum Gasteiger partial charge on any atom is 0.363 e. The fourth-order valence-corrected chi connectivity index (χ4v) is 3.76. The summed E-state index contributed by atoms with van der Waals surface area (Å²) in [5.41, 5.74) is 1.95. The number of esters is 1. The van der Waals surface area contributed by atoms with E-state index in [2.05, 4.69) is 20.9 Å². The van der Waals surface area contributed by atoms with Gasteiger partial charge in [0.25, 0.3) is 5.69 Å². The molecule has 1 heterocycles. The Balaban J connectivity index is 1.59. The molecule has 0 aliphatic carbocycles. The molecule has 1 aliphatic rings. The Hall–Kier alpha value is -3.69. The minimum Gasteiger partial charge on any atom is -0.490 e. The second-order valence-electron chi connectivity index (χ2n) is 7.32. The normalized spacial score (nSPS) is 14.0. The summed E-state index contributed by atoms with van der Waals surface area (Å²) in [5, 5.41) is 11.2. The average molecular weight is 558 g/mol. The first-order chi connectivity index (χ1) is 16.8. The molecule has 8 nitrogen and oxygen atoms in total. The number of nitro benzene ring substituents is 1. The highest BCUT2D eigenvalue weighted by atomic mass is 79.9. The molecule has 178 valence electrons. The summed E-state index contributed by atoms with van der Waals surface area (Å²) in [6, 6.07) is 16.6. The molecule has 0 saturated heterocycles. The molecular formula is C25H18BrClN2O6. The van der Waals surface area contributed by atoms with Crippen LogP contribution in [-0.4, -0.2) is 23.4 Å². The zero-order valence-electron chi connectivity index (χ0n) is 18.4. The van der Waals surface area contributed by atoms with Gasteiger partial charge in [-0.25, -0.2) is 9.79 Å². The molecule has 0 aromatic heterocycles. The van der Waals surface area contributed by atoms with Crippen molar-refractivity contribution in [1.82, 2.24) is 0 Å². The Morgan fingerprint density at radius 3 is 2.49 bits per heavy atom. The number of carbonyl (C=O) groups is 1. The number of ether oxygens (including phenoxy) is 3. The number of hydrogen-bond donors (Lipinski definition) is 0. The first-order valence-electron chi connectivity index (χ1n) is 10.4. The van der Waals surface area contributed by atoms with Crippen LogP contribution in [-0.2, 0) is 16.1 Å². The van der Waals surface area contributed by atoms with Crippen LogP contribution in [0.5, 0.6) is 11.5 Å². The third-order valence-electron chi connectivity index (χ3n) is 4.88. The van der Waals surface area contributed by atoms with Gasteiger partial charge in [-0.05, 0) is 60.5 Å². The third-order valence-corrected chi connectivity index (χ3v) is 5.69. The molecule has 3 aromatic rings. The largest absolute Gasteiger partial charge is 0.490 e. The van der Waals surface area contributed by atoms with Gasteiger partial charge in [0.15, 0.2) is 17.2 Å². The summed E-state index contributed by atoms with van der Waals surface area (Å²) in [6.07, 6.45) is 1.52. The molecule has 4 rings (SSSR count). The van der Waals surface area contributed by atoms with Crippen molar-refractivity contribution in [3.8, 4) is 11.5 Å². The summed E-state index contributed by atoms with van der Waals surface area (Å²) in [7, 11) is 0. The minimum atomic E-state index is -0.650. The van der Waals surface area contributed by atoms with Gasteiger partial charge in [0, 0.05) is 22.2 Å². The molecule has 0 unspecified atom stereocenters. The van der Waals surface area contributed by atoms with Gasteiger partial charge in [0.1, 0.15) is 6.61 Å². The van der Waals surface area contributed by atoms with Crippen LogP contribution in [0.2, 0.25) is 5.02 Å². The predicted octanol–water partition coefficient (Wildman–Crippen LogP) is 6.33. The molecule has 0 saturated carbocycles. The van der Waals surface area contributed by atoms with Gasteiger partial charge in [0.05, 0.1) is 16.6 Å². The molecule has 0 N–H and O–H groups in total. The van der Waals surface area contributed by atoms with Crippen LogP contribution >= 0.6 is 27.5 Å². The lowest BCUT2D eigenvalue weighted by molar-refractivity contribution is -0.384. The second kappa shape index (κ2) is 10.7. The topological polar surface area (TPSA) is 100 Å². The van der Waals surface area contributed by atoms with Gasteiger partial charge < -0.3 is 14.2 Å². The van der Waals surface area contributed by atoms with E-state index >= 15 is 0 Å². The van der Waals surface area contributed by atoms with Crippen molar-refractivity contribution in [2.24, 2.45) is 4.99 Å². The van der Waals surface area contributed by atoms with Gasteiger partial charge in [-0.15, -0.1) is 0 Å². The first kappa shape index (κ1) is 24.4. The summed E-state index contributed by atoms with van der Waals surface area (Å²) < 4.78 is 17.9. The van der Waals surface area contributed by atoms with Crippen LogP contribution in [0, 0.1) is 10.1 Å². The van der Waals surface area contributed by atoms with Crippen molar-refractivity contribution in [2.45, 2.75) is 13.5 Å². The van der Waals surface area contributed by atoms with Crippen molar-refractivity contribution in [3.05, 3.63) is 103 Å². The number of hydrogen-bond acceptors (Lipinski definition) is 7. The highest BCUT2D eigenvalue weighted by Crippen LogP contribution is 2.38. The molecule has 0 fully saturated rings. The highest BCUT2D eigenvalue weighted by molar-refractivity contribution is 9.10. The number of carbonyl (C=O) groups excluding carboxylic acids is 1. The molecule has 35 heavy (non-hydrogen) atoms. The molecule has 0 amide bonds. The summed E-state index contributed by atoms with van der Waals surface area (Å²) in [5.74, 6) is 0.224. The molecule has 3 aromatic carbocycles. The van der Waals surface area contributed by atoms with Gasteiger partial charge in [-0.2, -0.15) is 0 Å². The molecule has 1 aliphatic heterocycles. The average Bonchev–Trinajstić information content (AvgIpc) is 3.20. The van der Waals surface area contributed by atoms with Crippen LogP contribution in [0.25, 0.3) is 6.08 Å². The second-order valence-corrected chi connectivity index (χ2v) is 8.64. The van der Waals surface area contributed by atoms with E-state index in [0.29, 0.717) is 40.9 Å². The van der Waals surface area contributed by atoms with Crippen molar-refractivity contribution >= 4 is 51.2 Å². The number of rotatable bonds is 8. The van der Waals surface area contributed by atoms with E-state index in [0.717, 1.165) is 10.0 Å². The molecule has 0 spiro atoms. The van der Waals surface area contributed by atoms with E-state index in [1.54, 1.807) is 12.1 Å². The van der Waals surface area contributed by atoms with E-state index in [1.807, 2.05) is 31.2 Å². The van der Waals surface area contributed by atoms with E-state index in [9.17, 15) is 14.9 Å². The summed E-state index contributed by atoms with van der Waals surface area (Å²) in [4.78, 5) is 26.9. The monoisotopic (exact) mass is 556 g/mol. The molecule has 10 heteroatoms. The number of cyclic esters (lactones) is 1. The summed E-state index contributed by atoms with van der Waals surface area (Å²) in [6.45, 7) is 2.52. The van der Waals surface area contributed by atoms with Gasteiger partial charge in [-0.3, -0.25) is 10.1 Å². The maximum absolute atomic E-state index is 12.4. The highest BCUT2D eigenvalue weighted by Gasteiger charge is 2.25. The van der Waals surface area contributed by atoms with Crippen molar-refractivity contribution < 1.29 is 23.9 Å². The lowest BCUT2D eigenvalue weighted by Gasteiger charge is -2.14. The zero-order valence-corrected chi connectivity index (χ0v) is 20.7. The van der Waals surface area contributed by atoms with E-state index < -0.39 is 10.9 Å². The lowest BCUT2D eigenvalue weighted by atomic mass is 10.1. The number of halogens is 2. The SMILES string of the molecule is CCOc1cc(/C=C2\N=C(c3ccc([N+](=O)[O-])cc3)OC2=O)cc(Cl)c1OCc1ccc(Br)cc1. The number of aliphatic imine (C=N–C) groups is 1. The predicted molar refractivity (Wildman–Crippen MR) is 135 cm³/mol. The van der Waals surface area contributed by atoms with Crippen LogP contribution < -0.4 is 9.47 Å². The zero-order chi connectivity index (χ0) is 24.9. The fraction of sp³-hybridized carbons (Fsp3) is 0.120. The standard InChI is InChI=1S/C25H18BrClN2O6/c1-2-33-22-13-16(11-20(27)23(22)34-14-15-3-7-18(26)8-4-15)12-21-25(30)35-24(28-21)17-5-9-19(10-6-17)29(31)32/h3-13H,2,14H2,1H3/b21-12-. The molecular weight excluding hydrogens is 540 g/mol. The van der Waals surface area contributed by atoms with E-state index in [4.69, 9.17) is 25.8 Å². The number of nitro groups is 1. The van der Waals surface area contributed by atoms with Gasteiger partial charge in [-0.1, -0.05) is 39.7 Å². The first-order valence-corrected chi connectivity index (χ1v) is 11.6. The van der Waals surface area contributed by atoms with Gasteiger partial charge >= 0.3 is 5.97 Å². The fourth-order valence-electron chi connectivity index (χ4n) is 3.23. The maximum atomic E-state index is 12.4. The molecule has 0 radical (unpaired) electrons. The summed E-state index contributed by atoms with van der Waals surface area (Å²) >= 11 is 9.90. The lowest BCUT2D eigenvalue weighted by Crippen LogP contribution is -2.05. The Morgan fingerprint density at radius 1 is 1.11 bits per heavy atom. The minimum absolute atomic E-state index is 0.0559. The van der Waals surface area contributed by atoms with Crippen molar-refractivity contribution in [3.63, 3.8) is 0 Å². The Bertz CT molecular complexity index is 1340. The Kier molecular flexibility index (Phi) is 7.48. The number of benzene rings is 3. The van der Waals surface area contributed by atoms with Crippen LogP contribution in [0.3, 0.4) is 0 Å². The molecule has 0 atom stereocenters. The van der Waals surface area contributed by atoms with Gasteiger partial charge in [0.2, 0.25) is 5.90 Å². The van der Waals surface area contributed by atoms with Crippen LogP contribution in [0.4, 0.5) is 5.69 Å². The van der Waals surface area contributed by atoms with Crippen LogP contribution in [0.1, 0.15) is 23.6 Å². The third kappa shape index (κ3) is 5.87. The van der Waals surface area contributed by atoms with Crippen molar-refractivity contribution in [2.75, 3.05) is 6.61 Å². The Labute approximate surface area is 214 Å². The van der Waals surface area contributed by atoms with E-state index in [-0.39, 0.29) is 17.3 Å². The smallest absolute Gasteiger partial charge is 0.363 e.